The highest BCUT2D eigenvalue weighted by atomic mass is 16.2. The quantitative estimate of drug-likeness (QED) is 0.860. The molecule has 1 saturated heterocycles. The Kier molecular flexibility index (Phi) is 4.15. The van der Waals surface area contributed by atoms with Crippen molar-refractivity contribution >= 4 is 5.91 Å². The van der Waals surface area contributed by atoms with Crippen LogP contribution in [0.5, 0.6) is 0 Å². The van der Waals surface area contributed by atoms with Crippen molar-refractivity contribution in [2.24, 2.45) is 5.73 Å². The summed E-state index contributed by atoms with van der Waals surface area (Å²) >= 11 is 0. The van der Waals surface area contributed by atoms with Gasteiger partial charge in [0.1, 0.15) is 0 Å². The number of rotatable bonds is 3. The second-order valence-electron chi connectivity index (χ2n) is 4.73. The molecule has 1 aliphatic rings. The van der Waals surface area contributed by atoms with Gasteiger partial charge in [0.2, 0.25) is 5.91 Å². The summed E-state index contributed by atoms with van der Waals surface area (Å²) < 4.78 is 0. The molecule has 1 fully saturated rings. The molecule has 1 aliphatic heterocycles. The maximum Gasteiger partial charge on any atom is 0.222 e. The minimum atomic E-state index is 0.171. The molecule has 0 aliphatic carbocycles. The van der Waals surface area contributed by atoms with Crippen LogP contribution in [0.2, 0.25) is 0 Å². The first kappa shape index (κ1) is 12.1. The molecule has 1 atom stereocenters. The summed E-state index contributed by atoms with van der Waals surface area (Å²) in [7, 11) is 0. The number of nitrogens with two attached hydrogens (primary N) is 1. The van der Waals surface area contributed by atoms with Crippen molar-refractivity contribution in [3.63, 3.8) is 0 Å². The molecule has 1 aromatic carbocycles. The molecule has 0 bridgehead atoms. The molecule has 1 heterocycles. The van der Waals surface area contributed by atoms with Gasteiger partial charge in [-0.05, 0) is 24.8 Å². The van der Waals surface area contributed by atoms with Gasteiger partial charge in [-0.25, -0.2) is 0 Å². The number of amides is 1. The molecule has 2 rings (SSSR count). The van der Waals surface area contributed by atoms with Gasteiger partial charge in [0.05, 0.1) is 0 Å². The lowest BCUT2D eigenvalue weighted by Gasteiger charge is -2.30. The zero-order valence-corrected chi connectivity index (χ0v) is 10.1. The van der Waals surface area contributed by atoms with Crippen LogP contribution in [0, 0.1) is 0 Å². The van der Waals surface area contributed by atoms with Gasteiger partial charge in [-0.15, -0.1) is 0 Å². The lowest BCUT2D eigenvalue weighted by Crippen LogP contribution is -2.45. The van der Waals surface area contributed by atoms with E-state index in [9.17, 15) is 4.79 Å². The maximum atomic E-state index is 12.0. The van der Waals surface area contributed by atoms with Crippen LogP contribution in [0.1, 0.15) is 24.8 Å². The normalized spacial score (nSPS) is 20.3. The highest BCUT2D eigenvalue weighted by molar-refractivity contribution is 5.76. The number of piperidine rings is 1. The van der Waals surface area contributed by atoms with Crippen molar-refractivity contribution in [1.82, 2.24) is 4.90 Å². The Hall–Kier alpha value is -1.35. The molecule has 3 heteroatoms. The summed E-state index contributed by atoms with van der Waals surface area (Å²) in [5.74, 6) is 0.240. The number of nitrogens with zero attached hydrogens (tertiary/aromatic N) is 1. The first-order chi connectivity index (χ1) is 8.25. The van der Waals surface area contributed by atoms with Gasteiger partial charge in [0.25, 0.3) is 0 Å². The number of likely N-dealkylation sites (tertiary alicyclic amines) is 1. The molecule has 1 amide bonds. The van der Waals surface area contributed by atoms with Crippen LogP contribution in [0.4, 0.5) is 0 Å². The van der Waals surface area contributed by atoms with E-state index in [4.69, 9.17) is 5.73 Å². The van der Waals surface area contributed by atoms with Crippen LogP contribution in [0.3, 0.4) is 0 Å². The fourth-order valence-corrected chi connectivity index (χ4v) is 2.29. The summed E-state index contributed by atoms with van der Waals surface area (Å²) in [6.07, 6.45) is 3.50. The Morgan fingerprint density at radius 1 is 1.35 bits per heavy atom. The summed E-state index contributed by atoms with van der Waals surface area (Å²) in [4.78, 5) is 13.9. The Morgan fingerprint density at radius 3 is 2.82 bits per heavy atom. The van der Waals surface area contributed by atoms with Crippen molar-refractivity contribution in [2.75, 3.05) is 13.1 Å². The number of carbonyl (C=O) groups is 1. The van der Waals surface area contributed by atoms with E-state index in [1.165, 1.54) is 5.56 Å². The molecule has 1 aromatic rings. The SMILES string of the molecule is NC1CCCN(C(=O)CCc2ccccc2)C1. The Labute approximate surface area is 103 Å². The molecule has 0 radical (unpaired) electrons. The molecule has 0 saturated carbocycles. The van der Waals surface area contributed by atoms with Gasteiger partial charge >= 0.3 is 0 Å². The maximum absolute atomic E-state index is 12.0. The first-order valence-corrected chi connectivity index (χ1v) is 6.33. The average Bonchev–Trinajstić information content (AvgIpc) is 2.37. The highest BCUT2D eigenvalue weighted by Gasteiger charge is 2.20. The predicted octanol–water partition coefficient (Wildman–Crippen LogP) is 1.57. The van der Waals surface area contributed by atoms with Crippen molar-refractivity contribution in [3.05, 3.63) is 35.9 Å². The standard InChI is InChI=1S/C14H20N2O/c15-13-7-4-10-16(11-13)14(17)9-8-12-5-2-1-3-6-12/h1-3,5-6,13H,4,7-11,15H2. The van der Waals surface area contributed by atoms with Gasteiger partial charge in [-0.3, -0.25) is 4.79 Å². The minimum Gasteiger partial charge on any atom is -0.341 e. The van der Waals surface area contributed by atoms with E-state index >= 15 is 0 Å². The number of hydrogen-bond acceptors (Lipinski definition) is 2. The Morgan fingerprint density at radius 2 is 2.12 bits per heavy atom. The van der Waals surface area contributed by atoms with Crippen molar-refractivity contribution in [2.45, 2.75) is 31.7 Å². The van der Waals surface area contributed by atoms with Crippen LogP contribution in [-0.4, -0.2) is 29.9 Å². The molecule has 0 spiro atoms. The van der Waals surface area contributed by atoms with Gasteiger partial charge in [0, 0.05) is 25.6 Å². The van der Waals surface area contributed by atoms with Gasteiger partial charge in [-0.1, -0.05) is 30.3 Å². The summed E-state index contributed by atoms with van der Waals surface area (Å²) in [6.45, 7) is 1.61. The zero-order chi connectivity index (χ0) is 12.1. The van der Waals surface area contributed by atoms with Crippen molar-refractivity contribution < 1.29 is 4.79 Å². The van der Waals surface area contributed by atoms with Crippen LogP contribution >= 0.6 is 0 Å². The van der Waals surface area contributed by atoms with E-state index in [1.807, 2.05) is 23.1 Å². The monoisotopic (exact) mass is 232 g/mol. The van der Waals surface area contributed by atoms with Crippen LogP contribution in [0.25, 0.3) is 0 Å². The third-order valence-corrected chi connectivity index (χ3v) is 3.28. The molecule has 2 N–H and O–H groups in total. The summed E-state index contributed by atoms with van der Waals surface area (Å²) in [5, 5.41) is 0. The summed E-state index contributed by atoms with van der Waals surface area (Å²) in [6, 6.07) is 10.3. The lowest BCUT2D eigenvalue weighted by molar-refractivity contribution is -0.132. The van der Waals surface area contributed by atoms with Gasteiger partial charge in [-0.2, -0.15) is 0 Å². The van der Waals surface area contributed by atoms with E-state index in [2.05, 4.69) is 12.1 Å². The summed E-state index contributed by atoms with van der Waals surface area (Å²) in [5.41, 5.74) is 7.10. The van der Waals surface area contributed by atoms with Crippen LogP contribution in [0.15, 0.2) is 30.3 Å². The Balaban J connectivity index is 1.81. The minimum absolute atomic E-state index is 0.171. The van der Waals surface area contributed by atoms with E-state index in [-0.39, 0.29) is 11.9 Å². The van der Waals surface area contributed by atoms with E-state index in [0.717, 1.165) is 32.4 Å². The van der Waals surface area contributed by atoms with E-state index < -0.39 is 0 Å². The molecule has 17 heavy (non-hydrogen) atoms. The lowest BCUT2D eigenvalue weighted by atomic mass is 10.0. The number of carbonyl (C=O) groups excluding carboxylic acids is 1. The second kappa shape index (κ2) is 5.82. The van der Waals surface area contributed by atoms with Crippen molar-refractivity contribution in [3.8, 4) is 0 Å². The number of hydrogen-bond donors (Lipinski definition) is 1. The molecular weight excluding hydrogens is 212 g/mol. The van der Waals surface area contributed by atoms with E-state index in [1.54, 1.807) is 0 Å². The fraction of sp³-hybridized carbons (Fsp3) is 0.500. The topological polar surface area (TPSA) is 46.3 Å². The van der Waals surface area contributed by atoms with Gasteiger partial charge < -0.3 is 10.6 Å². The Bertz CT molecular complexity index is 364. The predicted molar refractivity (Wildman–Crippen MR) is 68.6 cm³/mol. The van der Waals surface area contributed by atoms with Crippen LogP contribution in [-0.2, 0) is 11.2 Å². The number of aryl methyl sites for hydroxylation is 1. The highest BCUT2D eigenvalue weighted by Crippen LogP contribution is 2.11. The first-order valence-electron chi connectivity index (χ1n) is 6.33. The molecule has 92 valence electrons. The number of benzene rings is 1. The van der Waals surface area contributed by atoms with Gasteiger partial charge in [0.15, 0.2) is 0 Å². The largest absolute Gasteiger partial charge is 0.341 e. The fourth-order valence-electron chi connectivity index (χ4n) is 2.29. The van der Waals surface area contributed by atoms with Crippen molar-refractivity contribution in [1.29, 1.82) is 0 Å². The average molecular weight is 232 g/mol. The third kappa shape index (κ3) is 3.56. The molecule has 1 unspecified atom stereocenters. The molecule has 3 nitrogen and oxygen atoms in total. The third-order valence-electron chi connectivity index (χ3n) is 3.28. The smallest absolute Gasteiger partial charge is 0.222 e. The second-order valence-corrected chi connectivity index (χ2v) is 4.73. The molecule has 0 aromatic heterocycles. The zero-order valence-electron chi connectivity index (χ0n) is 10.1. The molecular formula is C14H20N2O. The van der Waals surface area contributed by atoms with E-state index in [0.29, 0.717) is 6.42 Å². The van der Waals surface area contributed by atoms with Crippen LogP contribution < -0.4 is 5.73 Å².